The van der Waals surface area contributed by atoms with Gasteiger partial charge in [-0.3, -0.25) is 0 Å². The SMILES string of the molecule is Fc1ccc(I)nc1-c1ccccc1. The molecule has 0 radical (unpaired) electrons. The number of nitrogens with zero attached hydrogens (tertiary/aromatic N) is 1. The lowest BCUT2D eigenvalue weighted by Gasteiger charge is -2.02. The van der Waals surface area contributed by atoms with Crippen LogP contribution in [0.25, 0.3) is 11.3 Å². The maximum Gasteiger partial charge on any atom is 0.149 e. The molecule has 70 valence electrons. The van der Waals surface area contributed by atoms with E-state index in [2.05, 4.69) is 27.6 Å². The molecule has 0 N–H and O–H groups in total. The molecular weight excluding hydrogens is 292 g/mol. The minimum atomic E-state index is -0.281. The number of hydrogen-bond acceptors (Lipinski definition) is 1. The minimum Gasteiger partial charge on any atom is -0.239 e. The average molecular weight is 299 g/mol. The highest BCUT2D eigenvalue weighted by Crippen LogP contribution is 2.20. The van der Waals surface area contributed by atoms with Crippen molar-refractivity contribution in [2.75, 3.05) is 0 Å². The zero-order valence-electron chi connectivity index (χ0n) is 7.24. The van der Waals surface area contributed by atoms with Gasteiger partial charge in [0.15, 0.2) is 0 Å². The highest BCUT2D eigenvalue weighted by molar-refractivity contribution is 14.1. The number of rotatable bonds is 1. The number of hydrogen-bond donors (Lipinski definition) is 0. The van der Waals surface area contributed by atoms with E-state index in [1.165, 1.54) is 6.07 Å². The fraction of sp³-hybridized carbons (Fsp3) is 0. The monoisotopic (exact) mass is 299 g/mol. The Morgan fingerprint density at radius 1 is 1.00 bits per heavy atom. The van der Waals surface area contributed by atoms with Crippen LogP contribution in [0.2, 0.25) is 0 Å². The van der Waals surface area contributed by atoms with Crippen molar-refractivity contribution >= 4 is 22.6 Å². The third-order valence-corrected chi connectivity index (χ3v) is 2.46. The number of halogens is 2. The lowest BCUT2D eigenvalue weighted by Crippen LogP contribution is -1.90. The van der Waals surface area contributed by atoms with Crippen LogP contribution in [0.5, 0.6) is 0 Å². The van der Waals surface area contributed by atoms with E-state index < -0.39 is 0 Å². The largest absolute Gasteiger partial charge is 0.239 e. The van der Waals surface area contributed by atoms with E-state index >= 15 is 0 Å². The van der Waals surface area contributed by atoms with Crippen molar-refractivity contribution < 1.29 is 4.39 Å². The van der Waals surface area contributed by atoms with Crippen LogP contribution in [-0.4, -0.2) is 4.98 Å². The van der Waals surface area contributed by atoms with Gasteiger partial charge in [-0.15, -0.1) is 0 Å². The molecule has 1 heterocycles. The first kappa shape index (κ1) is 9.58. The molecule has 0 amide bonds. The maximum absolute atomic E-state index is 13.4. The van der Waals surface area contributed by atoms with Crippen LogP contribution in [-0.2, 0) is 0 Å². The van der Waals surface area contributed by atoms with Crippen molar-refractivity contribution in [3.05, 3.63) is 52.0 Å². The third-order valence-electron chi connectivity index (χ3n) is 1.86. The quantitative estimate of drug-likeness (QED) is 0.580. The van der Waals surface area contributed by atoms with Gasteiger partial charge in [-0.05, 0) is 34.7 Å². The number of aromatic nitrogens is 1. The Balaban J connectivity index is 2.57. The summed E-state index contributed by atoms with van der Waals surface area (Å²) in [5, 5.41) is 0. The zero-order valence-corrected chi connectivity index (χ0v) is 9.40. The van der Waals surface area contributed by atoms with E-state index in [1.807, 2.05) is 30.3 Å². The van der Waals surface area contributed by atoms with Gasteiger partial charge in [-0.25, -0.2) is 9.37 Å². The van der Waals surface area contributed by atoms with E-state index in [9.17, 15) is 4.39 Å². The summed E-state index contributed by atoms with van der Waals surface area (Å²) < 4.78 is 14.2. The average Bonchev–Trinajstić information content (AvgIpc) is 2.23. The van der Waals surface area contributed by atoms with Gasteiger partial charge in [-0.1, -0.05) is 30.3 Å². The highest BCUT2D eigenvalue weighted by atomic mass is 127. The molecule has 0 spiro atoms. The normalized spacial score (nSPS) is 10.1. The molecule has 0 saturated heterocycles. The van der Waals surface area contributed by atoms with E-state index in [4.69, 9.17) is 0 Å². The molecule has 1 nitrogen and oxygen atoms in total. The predicted octanol–water partition coefficient (Wildman–Crippen LogP) is 3.49. The summed E-state index contributed by atoms with van der Waals surface area (Å²) in [6.45, 7) is 0. The molecule has 0 aliphatic rings. The Labute approximate surface area is 95.1 Å². The maximum atomic E-state index is 13.4. The molecular formula is C11H7FIN. The second kappa shape index (κ2) is 4.04. The second-order valence-corrected chi connectivity index (χ2v) is 3.94. The Kier molecular flexibility index (Phi) is 2.77. The first-order valence-corrected chi connectivity index (χ1v) is 5.23. The molecule has 0 aliphatic carbocycles. The van der Waals surface area contributed by atoms with Gasteiger partial charge < -0.3 is 0 Å². The van der Waals surface area contributed by atoms with Crippen LogP contribution in [0.3, 0.4) is 0 Å². The van der Waals surface area contributed by atoms with Crippen LogP contribution in [0.1, 0.15) is 0 Å². The van der Waals surface area contributed by atoms with Gasteiger partial charge in [0.2, 0.25) is 0 Å². The van der Waals surface area contributed by atoms with Gasteiger partial charge in [0, 0.05) is 5.56 Å². The van der Waals surface area contributed by atoms with Crippen LogP contribution in [0.4, 0.5) is 4.39 Å². The van der Waals surface area contributed by atoms with Gasteiger partial charge in [0.25, 0.3) is 0 Å². The van der Waals surface area contributed by atoms with Gasteiger partial charge >= 0.3 is 0 Å². The summed E-state index contributed by atoms with van der Waals surface area (Å²) in [5.41, 5.74) is 1.22. The lowest BCUT2D eigenvalue weighted by molar-refractivity contribution is 0.625. The van der Waals surface area contributed by atoms with Gasteiger partial charge in [0.05, 0.1) is 0 Å². The first-order valence-electron chi connectivity index (χ1n) is 4.15. The van der Waals surface area contributed by atoms with Gasteiger partial charge in [0.1, 0.15) is 15.2 Å². The minimum absolute atomic E-state index is 0.281. The van der Waals surface area contributed by atoms with Crippen molar-refractivity contribution in [2.24, 2.45) is 0 Å². The molecule has 0 aliphatic heterocycles. The van der Waals surface area contributed by atoms with E-state index in [0.29, 0.717) is 5.69 Å². The third kappa shape index (κ3) is 1.92. The lowest BCUT2D eigenvalue weighted by atomic mass is 10.1. The fourth-order valence-corrected chi connectivity index (χ4v) is 1.64. The summed E-state index contributed by atoms with van der Waals surface area (Å²) in [7, 11) is 0. The van der Waals surface area contributed by atoms with Crippen molar-refractivity contribution in [1.29, 1.82) is 0 Å². The Bertz CT molecular complexity index is 442. The van der Waals surface area contributed by atoms with Crippen molar-refractivity contribution in [3.63, 3.8) is 0 Å². The molecule has 0 saturated carbocycles. The zero-order chi connectivity index (χ0) is 9.97. The van der Waals surface area contributed by atoms with E-state index in [-0.39, 0.29) is 5.82 Å². The molecule has 0 fully saturated rings. The summed E-state index contributed by atoms with van der Waals surface area (Å²) in [6.07, 6.45) is 0. The molecule has 2 rings (SSSR count). The Morgan fingerprint density at radius 2 is 1.71 bits per heavy atom. The molecule has 0 unspecified atom stereocenters. The van der Waals surface area contributed by atoms with Crippen LogP contribution >= 0.6 is 22.6 Å². The Morgan fingerprint density at radius 3 is 2.43 bits per heavy atom. The van der Waals surface area contributed by atoms with Crippen LogP contribution < -0.4 is 0 Å². The summed E-state index contributed by atoms with van der Waals surface area (Å²) in [6, 6.07) is 12.4. The Hall–Kier alpha value is -0.970. The fourth-order valence-electron chi connectivity index (χ4n) is 1.22. The van der Waals surface area contributed by atoms with Crippen molar-refractivity contribution in [3.8, 4) is 11.3 Å². The number of pyridine rings is 1. The van der Waals surface area contributed by atoms with E-state index in [1.54, 1.807) is 6.07 Å². The first-order chi connectivity index (χ1) is 6.77. The van der Waals surface area contributed by atoms with Gasteiger partial charge in [-0.2, -0.15) is 0 Å². The summed E-state index contributed by atoms with van der Waals surface area (Å²) >= 11 is 2.07. The molecule has 0 atom stereocenters. The molecule has 3 heteroatoms. The summed E-state index contributed by atoms with van der Waals surface area (Å²) in [5.74, 6) is -0.281. The molecule has 2 aromatic rings. The molecule has 1 aromatic heterocycles. The molecule has 0 bridgehead atoms. The molecule has 1 aromatic carbocycles. The second-order valence-electron chi connectivity index (χ2n) is 2.83. The van der Waals surface area contributed by atoms with E-state index in [0.717, 1.165) is 9.26 Å². The van der Waals surface area contributed by atoms with Crippen LogP contribution in [0.15, 0.2) is 42.5 Å². The smallest absolute Gasteiger partial charge is 0.149 e. The standard InChI is InChI=1S/C11H7FIN/c12-9-6-7-10(13)14-11(9)8-4-2-1-3-5-8/h1-7H. The summed E-state index contributed by atoms with van der Waals surface area (Å²) in [4.78, 5) is 4.15. The van der Waals surface area contributed by atoms with Crippen LogP contribution in [0, 0.1) is 9.52 Å². The molecule has 14 heavy (non-hydrogen) atoms. The predicted molar refractivity (Wildman–Crippen MR) is 62.3 cm³/mol. The van der Waals surface area contributed by atoms with Crippen molar-refractivity contribution in [1.82, 2.24) is 4.98 Å². The van der Waals surface area contributed by atoms with Crippen molar-refractivity contribution in [2.45, 2.75) is 0 Å². The highest BCUT2D eigenvalue weighted by Gasteiger charge is 2.05. The topological polar surface area (TPSA) is 12.9 Å². The number of benzene rings is 1.